The zero-order valence-electron chi connectivity index (χ0n) is 13.5. The Morgan fingerprint density at radius 2 is 2.04 bits per heavy atom. The first-order valence-electron chi connectivity index (χ1n) is 8.13. The van der Waals surface area contributed by atoms with Crippen molar-refractivity contribution < 1.29 is 0 Å². The summed E-state index contributed by atoms with van der Waals surface area (Å²) in [5, 5.41) is 6.49. The number of pyridine rings is 1. The smallest absolute Gasteiger partial charge is 0.285 e. The lowest BCUT2D eigenvalue weighted by atomic mass is 9.96. The van der Waals surface area contributed by atoms with Crippen LogP contribution in [0.2, 0.25) is 0 Å². The van der Waals surface area contributed by atoms with Gasteiger partial charge in [0.25, 0.3) is 5.56 Å². The maximum Gasteiger partial charge on any atom is 0.285 e. The predicted molar refractivity (Wildman–Crippen MR) is 95.6 cm³/mol. The molecular weight excluding hydrogens is 308 g/mol. The van der Waals surface area contributed by atoms with Gasteiger partial charge in [-0.1, -0.05) is 19.3 Å². The van der Waals surface area contributed by atoms with Crippen LogP contribution < -0.4 is 10.5 Å². The van der Waals surface area contributed by atoms with Gasteiger partial charge in [0.2, 0.25) is 0 Å². The fourth-order valence-corrected chi connectivity index (χ4v) is 4.61. The molecule has 0 bridgehead atoms. The van der Waals surface area contributed by atoms with Gasteiger partial charge in [0.05, 0.1) is 12.2 Å². The number of thiophene rings is 1. The Kier molecular flexibility index (Phi) is 3.56. The van der Waals surface area contributed by atoms with Gasteiger partial charge >= 0.3 is 0 Å². The highest BCUT2D eigenvalue weighted by Crippen LogP contribution is 2.36. The molecule has 1 aliphatic rings. The van der Waals surface area contributed by atoms with E-state index in [-0.39, 0.29) is 11.6 Å². The molecule has 1 saturated carbocycles. The third-order valence-corrected chi connectivity index (χ3v) is 5.82. The number of hydrogen-bond donors (Lipinski definition) is 0. The van der Waals surface area contributed by atoms with Gasteiger partial charge in [-0.15, -0.1) is 11.3 Å². The molecule has 0 radical (unpaired) electrons. The summed E-state index contributed by atoms with van der Waals surface area (Å²) in [6, 6.07) is 2.24. The van der Waals surface area contributed by atoms with Crippen molar-refractivity contribution in [2.75, 3.05) is 19.0 Å². The van der Waals surface area contributed by atoms with Crippen LogP contribution in [0.4, 0.5) is 5.69 Å². The van der Waals surface area contributed by atoms with Crippen LogP contribution in [0.1, 0.15) is 38.1 Å². The summed E-state index contributed by atoms with van der Waals surface area (Å²) in [7, 11) is 4.02. The van der Waals surface area contributed by atoms with E-state index in [1.807, 2.05) is 26.4 Å². The molecule has 0 N–H and O–H groups in total. The standard InChI is InChI=1S/C17H20N4OS/c1-20(2)13-8-9-18-16-14(13)12-10-19-21(17(22)15(12)23-16)11-6-4-3-5-7-11/h8-11H,3-7H2,1-2H3. The minimum Gasteiger partial charge on any atom is -0.377 e. The highest BCUT2D eigenvalue weighted by molar-refractivity contribution is 7.25. The molecule has 120 valence electrons. The Morgan fingerprint density at radius 3 is 2.78 bits per heavy atom. The third-order valence-electron chi connectivity index (χ3n) is 4.72. The maximum absolute atomic E-state index is 12.9. The van der Waals surface area contributed by atoms with E-state index in [1.54, 1.807) is 10.9 Å². The topological polar surface area (TPSA) is 51.0 Å². The minimum absolute atomic E-state index is 0.0436. The number of nitrogens with zero attached hydrogens (tertiary/aromatic N) is 4. The largest absolute Gasteiger partial charge is 0.377 e. The summed E-state index contributed by atoms with van der Waals surface area (Å²) in [6.07, 6.45) is 9.44. The van der Waals surface area contributed by atoms with Gasteiger partial charge < -0.3 is 4.90 Å². The van der Waals surface area contributed by atoms with Crippen LogP contribution in [-0.4, -0.2) is 28.9 Å². The van der Waals surface area contributed by atoms with Crippen LogP contribution in [0, 0.1) is 0 Å². The first-order valence-corrected chi connectivity index (χ1v) is 8.95. The fraction of sp³-hybridized carbons (Fsp3) is 0.471. The van der Waals surface area contributed by atoms with Crippen LogP contribution in [-0.2, 0) is 0 Å². The van der Waals surface area contributed by atoms with Gasteiger partial charge in [-0.2, -0.15) is 5.10 Å². The molecule has 0 amide bonds. The molecule has 6 heteroatoms. The first-order chi connectivity index (χ1) is 11.2. The Balaban J connectivity index is 1.96. The molecule has 3 aromatic heterocycles. The lowest BCUT2D eigenvalue weighted by molar-refractivity contribution is 0.320. The molecule has 0 aliphatic heterocycles. The van der Waals surface area contributed by atoms with E-state index in [0.29, 0.717) is 0 Å². The van der Waals surface area contributed by atoms with Crippen molar-refractivity contribution in [1.82, 2.24) is 14.8 Å². The molecule has 0 saturated heterocycles. The normalized spacial score (nSPS) is 16.3. The highest BCUT2D eigenvalue weighted by atomic mass is 32.1. The SMILES string of the molecule is CN(C)c1ccnc2sc3c(=O)n(C4CCCCC4)ncc3c12. The Bertz CT molecular complexity index is 921. The molecule has 3 heterocycles. The summed E-state index contributed by atoms with van der Waals surface area (Å²) in [5.74, 6) is 0. The van der Waals surface area contributed by atoms with Crippen molar-refractivity contribution in [3.05, 3.63) is 28.8 Å². The number of fused-ring (bicyclic) bond motifs is 3. The second kappa shape index (κ2) is 5.60. The second-order valence-corrected chi connectivity index (χ2v) is 7.43. The molecule has 0 unspecified atom stereocenters. The van der Waals surface area contributed by atoms with Gasteiger partial charge in [-0.3, -0.25) is 4.79 Å². The van der Waals surface area contributed by atoms with Crippen molar-refractivity contribution in [3.8, 4) is 0 Å². The lowest BCUT2D eigenvalue weighted by Gasteiger charge is -2.22. The monoisotopic (exact) mass is 328 g/mol. The van der Waals surface area contributed by atoms with E-state index in [0.717, 1.165) is 38.8 Å². The van der Waals surface area contributed by atoms with Crippen LogP contribution in [0.25, 0.3) is 20.3 Å². The third kappa shape index (κ3) is 2.32. The summed E-state index contributed by atoms with van der Waals surface area (Å²) >= 11 is 1.49. The number of rotatable bonds is 2. The predicted octanol–water partition coefficient (Wildman–Crippen LogP) is 3.58. The molecular formula is C17H20N4OS. The highest BCUT2D eigenvalue weighted by Gasteiger charge is 2.21. The van der Waals surface area contributed by atoms with Gasteiger partial charge in [0, 0.05) is 36.8 Å². The van der Waals surface area contributed by atoms with Crippen LogP contribution in [0.15, 0.2) is 23.3 Å². The molecule has 0 spiro atoms. The van der Waals surface area contributed by atoms with Crippen molar-refractivity contribution >= 4 is 37.3 Å². The van der Waals surface area contributed by atoms with Crippen LogP contribution in [0.3, 0.4) is 0 Å². The van der Waals surface area contributed by atoms with Gasteiger partial charge in [0.15, 0.2) is 0 Å². The first kappa shape index (κ1) is 14.6. The quantitative estimate of drug-likeness (QED) is 0.721. The number of anilines is 1. The van der Waals surface area contributed by atoms with E-state index in [1.165, 1.54) is 30.6 Å². The zero-order valence-corrected chi connectivity index (χ0v) is 14.3. The number of hydrogen-bond acceptors (Lipinski definition) is 5. The van der Waals surface area contributed by atoms with E-state index in [4.69, 9.17) is 0 Å². The van der Waals surface area contributed by atoms with Crippen LogP contribution in [0.5, 0.6) is 0 Å². The Morgan fingerprint density at radius 1 is 1.26 bits per heavy atom. The Labute approximate surface area is 138 Å². The zero-order chi connectivity index (χ0) is 16.0. The van der Waals surface area contributed by atoms with Crippen LogP contribution >= 0.6 is 11.3 Å². The minimum atomic E-state index is 0.0436. The van der Waals surface area contributed by atoms with E-state index < -0.39 is 0 Å². The van der Waals surface area contributed by atoms with Gasteiger partial charge in [-0.25, -0.2) is 9.67 Å². The molecule has 3 aromatic rings. The molecule has 4 rings (SSSR count). The molecule has 1 aliphatic carbocycles. The molecule has 1 fully saturated rings. The van der Waals surface area contributed by atoms with Crippen molar-refractivity contribution in [2.45, 2.75) is 38.1 Å². The van der Waals surface area contributed by atoms with E-state index >= 15 is 0 Å². The Hall–Kier alpha value is -1.95. The second-order valence-electron chi connectivity index (χ2n) is 6.44. The average Bonchev–Trinajstić information content (AvgIpc) is 2.95. The van der Waals surface area contributed by atoms with Crippen molar-refractivity contribution in [2.24, 2.45) is 0 Å². The summed E-state index contributed by atoms with van der Waals surface area (Å²) in [4.78, 5) is 20.4. The molecule has 23 heavy (non-hydrogen) atoms. The van der Waals surface area contributed by atoms with Crippen molar-refractivity contribution in [3.63, 3.8) is 0 Å². The lowest BCUT2D eigenvalue weighted by Crippen LogP contribution is -2.28. The maximum atomic E-state index is 12.9. The van der Waals surface area contributed by atoms with Gasteiger partial charge in [0.1, 0.15) is 9.53 Å². The summed E-state index contributed by atoms with van der Waals surface area (Å²) in [5.41, 5.74) is 1.12. The van der Waals surface area contributed by atoms with Crippen molar-refractivity contribution in [1.29, 1.82) is 0 Å². The average molecular weight is 328 g/mol. The number of aromatic nitrogens is 3. The summed E-state index contributed by atoms with van der Waals surface area (Å²) in [6.45, 7) is 0. The van der Waals surface area contributed by atoms with E-state index in [9.17, 15) is 4.79 Å². The molecule has 0 aromatic carbocycles. The fourth-order valence-electron chi connectivity index (χ4n) is 3.55. The van der Waals surface area contributed by atoms with E-state index in [2.05, 4.69) is 15.0 Å². The summed E-state index contributed by atoms with van der Waals surface area (Å²) < 4.78 is 2.49. The molecule has 5 nitrogen and oxygen atoms in total. The molecule has 0 atom stereocenters. The van der Waals surface area contributed by atoms with Gasteiger partial charge in [-0.05, 0) is 18.9 Å².